The van der Waals surface area contributed by atoms with Gasteiger partial charge in [-0.3, -0.25) is 9.80 Å². The second-order valence-corrected chi connectivity index (χ2v) is 19.7. The molecule has 2 fully saturated rings. The third-order valence-corrected chi connectivity index (χ3v) is 15.0. The van der Waals surface area contributed by atoms with Gasteiger partial charge < -0.3 is 33.6 Å². The van der Waals surface area contributed by atoms with Crippen molar-refractivity contribution in [3.05, 3.63) is 160 Å². The van der Waals surface area contributed by atoms with Crippen molar-refractivity contribution in [1.82, 2.24) is 19.4 Å². The Labute approximate surface area is 423 Å². The number of aromatic nitrogens is 2. The van der Waals surface area contributed by atoms with Crippen LogP contribution in [0.2, 0.25) is 0 Å². The quantitative estimate of drug-likeness (QED) is 0.111. The summed E-state index contributed by atoms with van der Waals surface area (Å²) in [7, 11) is 3.42. The average molecular weight is 972 g/mol. The molecule has 0 saturated carbocycles. The van der Waals surface area contributed by atoms with E-state index in [4.69, 9.17) is 30.5 Å². The topological polar surface area (TPSA) is 84.3 Å². The van der Waals surface area contributed by atoms with E-state index in [9.17, 15) is 5.11 Å². The van der Waals surface area contributed by atoms with Crippen LogP contribution in [0.4, 0.5) is 0 Å². The number of methoxy groups -OCH3 is 2. The fraction of sp³-hybridized carbons (Fsp3) is 0.344. The van der Waals surface area contributed by atoms with E-state index in [1.54, 1.807) is 20.3 Å². The summed E-state index contributed by atoms with van der Waals surface area (Å²) in [5.41, 5.74) is 16.4. The van der Waals surface area contributed by atoms with Gasteiger partial charge in [-0.2, -0.15) is 0 Å². The molecule has 8 aromatic rings. The number of nitrogens with one attached hydrogen (secondary N) is 1. The number of fused-ring (bicyclic) bond motifs is 10. The number of aromatic hydroxyl groups is 1. The predicted molar refractivity (Wildman–Crippen MR) is 289 cm³/mol. The van der Waals surface area contributed by atoms with Gasteiger partial charge in [-0.15, -0.1) is 11.6 Å². The Morgan fingerprint density at radius 1 is 0.563 bits per heavy atom. The lowest BCUT2D eigenvalue weighted by Crippen LogP contribution is -2.33. The summed E-state index contributed by atoms with van der Waals surface area (Å²) in [6.45, 7) is 11.3. The minimum absolute atomic E-state index is 0.303. The van der Waals surface area contributed by atoms with E-state index >= 15 is 0 Å². The lowest BCUT2D eigenvalue weighted by molar-refractivity contribution is 0.183. The molecule has 368 valence electrons. The van der Waals surface area contributed by atoms with E-state index in [1.165, 1.54) is 132 Å². The van der Waals surface area contributed by atoms with Crippen molar-refractivity contribution in [2.45, 2.75) is 70.7 Å². The first-order valence-electron chi connectivity index (χ1n) is 25.6. The molecule has 0 amide bonds. The highest BCUT2D eigenvalue weighted by molar-refractivity contribution is 6.17. The summed E-state index contributed by atoms with van der Waals surface area (Å²) in [6.07, 6.45) is 9.88. The molecule has 0 bridgehead atoms. The summed E-state index contributed by atoms with van der Waals surface area (Å²) >= 11 is 5.74. The van der Waals surface area contributed by atoms with Crippen LogP contribution in [0.1, 0.15) is 77.5 Å². The van der Waals surface area contributed by atoms with E-state index in [0.717, 1.165) is 85.2 Å². The number of rotatable bonds is 13. The monoisotopic (exact) mass is 970 g/mol. The first kappa shape index (κ1) is 48.2. The smallest absolute Gasteiger partial charge is 0.119 e. The molecule has 2 aliphatic heterocycles. The number of aromatic amines is 1. The molecule has 10 heteroatoms. The van der Waals surface area contributed by atoms with Gasteiger partial charge in [0.05, 0.1) is 25.6 Å². The van der Waals surface area contributed by atoms with Crippen molar-refractivity contribution in [2.24, 2.45) is 0 Å². The van der Waals surface area contributed by atoms with Crippen molar-refractivity contribution >= 4 is 33.4 Å². The summed E-state index contributed by atoms with van der Waals surface area (Å²) in [4.78, 5) is 8.54. The largest absolute Gasteiger partial charge is 0.508 e. The summed E-state index contributed by atoms with van der Waals surface area (Å²) < 4.78 is 24.9. The first-order valence-corrected chi connectivity index (χ1v) is 26.1. The molecule has 4 aliphatic rings. The third-order valence-electron chi connectivity index (χ3n) is 14.7. The molecule has 2 N–H and O–H groups in total. The van der Waals surface area contributed by atoms with E-state index in [2.05, 4.69) is 93.0 Å². The molecule has 0 unspecified atom stereocenters. The van der Waals surface area contributed by atoms with E-state index in [-0.39, 0.29) is 0 Å². The molecule has 0 spiro atoms. The van der Waals surface area contributed by atoms with Crippen LogP contribution in [0.5, 0.6) is 28.7 Å². The minimum Gasteiger partial charge on any atom is -0.508 e. The van der Waals surface area contributed by atoms with Crippen molar-refractivity contribution in [2.75, 3.05) is 66.7 Å². The Hall–Kier alpha value is -6.39. The molecule has 0 atom stereocenters. The van der Waals surface area contributed by atoms with Gasteiger partial charge in [0.15, 0.2) is 0 Å². The maximum absolute atomic E-state index is 10.2. The predicted octanol–water partition coefficient (Wildman–Crippen LogP) is 13.2. The van der Waals surface area contributed by atoms with E-state index in [0.29, 0.717) is 11.6 Å². The normalized spacial score (nSPS) is 14.9. The number of hydrogen-bond acceptors (Lipinski definition) is 7. The number of phenols is 1. The zero-order valence-electron chi connectivity index (χ0n) is 41.6. The molecule has 0 radical (unpaired) electrons. The van der Waals surface area contributed by atoms with Gasteiger partial charge >= 0.3 is 0 Å². The number of alkyl halides is 1. The van der Waals surface area contributed by atoms with Crippen LogP contribution in [0.25, 0.3) is 44.3 Å². The zero-order valence-corrected chi connectivity index (χ0v) is 42.3. The van der Waals surface area contributed by atoms with E-state index in [1.807, 2.05) is 48.5 Å². The molecule has 12 rings (SSSR count). The van der Waals surface area contributed by atoms with Crippen molar-refractivity contribution in [1.29, 1.82) is 0 Å². The van der Waals surface area contributed by atoms with Crippen LogP contribution < -0.4 is 18.9 Å². The van der Waals surface area contributed by atoms with Gasteiger partial charge in [-0.1, -0.05) is 48.7 Å². The summed E-state index contributed by atoms with van der Waals surface area (Å²) in [5, 5.41) is 12.7. The number of benzene rings is 6. The molecule has 2 saturated heterocycles. The average Bonchev–Trinajstić information content (AvgIpc) is 4.15. The van der Waals surface area contributed by atoms with Crippen LogP contribution in [-0.2, 0) is 25.3 Å². The number of aryl methyl sites for hydroxylation is 1. The lowest BCUT2D eigenvalue weighted by Gasteiger charge is -2.26. The van der Waals surface area contributed by atoms with Crippen LogP contribution >= 0.6 is 11.6 Å². The van der Waals surface area contributed by atoms with Crippen LogP contribution in [-0.4, -0.2) is 91.2 Å². The summed E-state index contributed by atoms with van der Waals surface area (Å²) in [5.74, 6) is 4.55. The lowest BCUT2D eigenvalue weighted by atomic mass is 10.1. The minimum atomic E-state index is 0.303. The molecule has 71 heavy (non-hydrogen) atoms. The number of likely N-dealkylation sites (tertiary alicyclic amines) is 2. The highest BCUT2D eigenvalue weighted by Gasteiger charge is 2.28. The molecule has 2 aliphatic carbocycles. The second-order valence-electron chi connectivity index (χ2n) is 19.5. The molecular formula is C61H67ClN4O5. The molecule has 9 nitrogen and oxygen atoms in total. The Morgan fingerprint density at radius 3 is 1.73 bits per heavy atom. The molecule has 4 heterocycles. The number of H-pyrrole nitrogens is 1. The number of ether oxygens (including phenoxy) is 4. The third kappa shape index (κ3) is 11.1. The van der Waals surface area contributed by atoms with Gasteiger partial charge in [0.25, 0.3) is 0 Å². The Kier molecular flexibility index (Phi) is 15.2. The number of halogens is 1. The van der Waals surface area contributed by atoms with Gasteiger partial charge in [0, 0.05) is 71.3 Å². The van der Waals surface area contributed by atoms with E-state index < -0.39 is 0 Å². The standard InChI is InChI=1S/C30H32N2O3.C17H15NO.C14H20ClNO/c1-34-25-10-11-26-22(17-25)18-28-27-19-23(33)7-12-29(27)32(30(26)28)20-21-5-8-24(9-6-21)35-16-15-31-13-3-2-4-14-31;1-10-3-6-16-14(7-10)15-9-11-8-12(19-2)4-5-13(11)17(15)18-16;15-12-13-4-6-14(7-5-13)17-11-10-16-8-2-1-3-9-16/h5-12,17,19,33H,2-4,13-16,18,20H2,1H3;3-8,18H,9H2,1-2H3;4-7H,1-3,8-12H2. The van der Waals surface area contributed by atoms with Crippen LogP contribution in [0.3, 0.4) is 0 Å². The Morgan fingerprint density at radius 2 is 1.13 bits per heavy atom. The fourth-order valence-electron chi connectivity index (χ4n) is 10.9. The van der Waals surface area contributed by atoms with Crippen LogP contribution in [0.15, 0.2) is 121 Å². The zero-order chi connectivity index (χ0) is 48.7. The Bertz CT molecular complexity index is 3070. The first-order chi connectivity index (χ1) is 34.8. The number of hydrogen-bond donors (Lipinski definition) is 2. The van der Waals surface area contributed by atoms with Gasteiger partial charge in [0.2, 0.25) is 0 Å². The number of nitrogens with zero attached hydrogens (tertiary/aromatic N) is 3. The van der Waals surface area contributed by atoms with Gasteiger partial charge in [0.1, 0.15) is 42.0 Å². The van der Waals surface area contributed by atoms with Crippen molar-refractivity contribution in [3.63, 3.8) is 0 Å². The van der Waals surface area contributed by atoms with Gasteiger partial charge in [-0.25, -0.2) is 0 Å². The molecule has 2 aromatic heterocycles. The second kappa shape index (κ2) is 22.4. The summed E-state index contributed by atoms with van der Waals surface area (Å²) in [6, 6.07) is 41.5. The number of piperidine rings is 2. The Balaban J connectivity index is 0.000000136. The van der Waals surface area contributed by atoms with Crippen molar-refractivity contribution < 1.29 is 24.1 Å². The SMILES string of the molecule is COc1ccc2c(c1)Cc1c-2[nH]c2ccc(C)cc12.COc1ccc2c(c1)Cc1c-2n(Cc2ccc(OCCN3CCCCC3)cc2)c2ccc(O)cc12.ClCc1ccc(OCCN2CCCCC2)cc1. The van der Waals surface area contributed by atoms with Crippen molar-refractivity contribution in [3.8, 4) is 51.3 Å². The maximum Gasteiger partial charge on any atom is 0.119 e. The van der Waals surface area contributed by atoms with Gasteiger partial charge in [-0.05, 0) is 183 Å². The maximum atomic E-state index is 10.2. The molecule has 6 aromatic carbocycles. The molecular weight excluding hydrogens is 904 g/mol. The highest BCUT2D eigenvalue weighted by Crippen LogP contribution is 2.45. The number of phenolic OH excluding ortho intramolecular Hbond substituents is 1. The highest BCUT2D eigenvalue weighted by atomic mass is 35.5. The van der Waals surface area contributed by atoms with Crippen LogP contribution in [0, 0.1) is 6.92 Å². The fourth-order valence-corrected chi connectivity index (χ4v) is 11.1.